The molecule has 24 heavy (non-hydrogen) atoms. The van der Waals surface area contributed by atoms with Gasteiger partial charge in [-0.2, -0.15) is 0 Å². The molecule has 0 atom stereocenters. The van der Waals surface area contributed by atoms with Crippen molar-refractivity contribution in [1.82, 2.24) is 0 Å². The van der Waals surface area contributed by atoms with E-state index in [1.165, 1.54) is 7.11 Å². The maximum Gasteiger partial charge on any atom is 0.411 e. The number of amides is 2. The number of halogens is 1. The molecule has 2 amide bonds. The Morgan fingerprint density at radius 2 is 1.83 bits per heavy atom. The minimum atomic E-state index is -0.572. The highest BCUT2D eigenvalue weighted by molar-refractivity contribution is 6.32. The highest BCUT2D eigenvalue weighted by Crippen LogP contribution is 2.27. The first-order valence-electron chi connectivity index (χ1n) is 7.22. The molecule has 0 saturated heterocycles. The molecule has 7 heteroatoms. The first-order chi connectivity index (χ1) is 11.5. The minimum Gasteiger partial charge on any atom is -0.495 e. The number of anilines is 2. The molecule has 0 aliphatic carbocycles. The molecule has 0 aliphatic rings. The Morgan fingerprint density at radius 3 is 2.50 bits per heavy atom. The predicted octanol–water partition coefficient (Wildman–Crippen LogP) is 4.17. The summed E-state index contributed by atoms with van der Waals surface area (Å²) in [6, 6.07) is 11.5. The van der Waals surface area contributed by atoms with Crippen molar-refractivity contribution in [3.05, 3.63) is 53.1 Å². The van der Waals surface area contributed by atoms with Crippen molar-refractivity contribution in [3.8, 4) is 5.75 Å². The van der Waals surface area contributed by atoms with Gasteiger partial charge in [-0.3, -0.25) is 10.1 Å². The van der Waals surface area contributed by atoms with Gasteiger partial charge in [0.05, 0.1) is 18.7 Å². The van der Waals surface area contributed by atoms with Gasteiger partial charge in [-0.25, -0.2) is 4.79 Å². The molecular formula is C17H17ClN2O4. The monoisotopic (exact) mass is 348 g/mol. The zero-order chi connectivity index (χ0) is 17.5. The van der Waals surface area contributed by atoms with Crippen molar-refractivity contribution in [1.29, 1.82) is 0 Å². The molecular weight excluding hydrogens is 332 g/mol. The first-order valence-corrected chi connectivity index (χ1v) is 7.60. The maximum absolute atomic E-state index is 12.3. The number of ether oxygens (including phenoxy) is 2. The SMILES string of the molecule is CCOC(=O)Nc1cccc(C(=O)Nc2ccc(OC)c(Cl)c2)c1. The quantitative estimate of drug-likeness (QED) is 0.850. The van der Waals surface area contributed by atoms with E-state index in [1.54, 1.807) is 49.4 Å². The topological polar surface area (TPSA) is 76.7 Å². The molecule has 126 valence electrons. The van der Waals surface area contributed by atoms with E-state index in [4.69, 9.17) is 21.1 Å². The van der Waals surface area contributed by atoms with Crippen molar-refractivity contribution >= 4 is 35.0 Å². The Kier molecular flexibility index (Phi) is 6.03. The number of nitrogens with one attached hydrogen (secondary N) is 2. The zero-order valence-corrected chi connectivity index (χ0v) is 14.0. The van der Waals surface area contributed by atoms with Gasteiger partial charge in [-0.15, -0.1) is 0 Å². The lowest BCUT2D eigenvalue weighted by atomic mass is 10.2. The van der Waals surface area contributed by atoms with Gasteiger partial charge >= 0.3 is 6.09 Å². The third-order valence-electron chi connectivity index (χ3n) is 3.06. The summed E-state index contributed by atoms with van der Waals surface area (Å²) in [7, 11) is 1.52. The van der Waals surface area contributed by atoms with E-state index in [2.05, 4.69) is 10.6 Å². The van der Waals surface area contributed by atoms with Crippen LogP contribution in [0.4, 0.5) is 16.2 Å². The Hall–Kier alpha value is -2.73. The summed E-state index contributed by atoms with van der Waals surface area (Å²) in [5.74, 6) is 0.194. The van der Waals surface area contributed by atoms with Crippen LogP contribution in [0.3, 0.4) is 0 Å². The smallest absolute Gasteiger partial charge is 0.411 e. The fraction of sp³-hybridized carbons (Fsp3) is 0.176. The van der Waals surface area contributed by atoms with Gasteiger partial charge in [-0.05, 0) is 43.3 Å². The minimum absolute atomic E-state index is 0.268. The number of hydrogen-bond donors (Lipinski definition) is 2. The van der Waals surface area contributed by atoms with E-state index >= 15 is 0 Å². The van der Waals surface area contributed by atoms with Crippen LogP contribution in [0.25, 0.3) is 0 Å². The number of benzene rings is 2. The lowest BCUT2D eigenvalue weighted by Crippen LogP contribution is -2.15. The molecule has 0 aliphatic heterocycles. The fourth-order valence-electron chi connectivity index (χ4n) is 1.97. The number of hydrogen-bond acceptors (Lipinski definition) is 4. The van der Waals surface area contributed by atoms with Gasteiger partial charge in [0, 0.05) is 16.9 Å². The molecule has 0 heterocycles. The molecule has 0 aromatic heterocycles. The summed E-state index contributed by atoms with van der Waals surface area (Å²) < 4.78 is 9.87. The van der Waals surface area contributed by atoms with Gasteiger partial charge in [0.1, 0.15) is 5.75 Å². The number of methoxy groups -OCH3 is 1. The largest absolute Gasteiger partial charge is 0.495 e. The normalized spacial score (nSPS) is 9.96. The van der Waals surface area contributed by atoms with Crippen LogP contribution in [0, 0.1) is 0 Å². The molecule has 0 unspecified atom stereocenters. The Labute approximate surface area is 144 Å². The van der Waals surface area contributed by atoms with E-state index in [1.807, 2.05) is 0 Å². The fourth-order valence-corrected chi connectivity index (χ4v) is 2.23. The molecule has 2 aromatic rings. The van der Waals surface area contributed by atoms with Gasteiger partial charge in [0.2, 0.25) is 0 Å². The van der Waals surface area contributed by atoms with E-state index in [9.17, 15) is 9.59 Å². The van der Waals surface area contributed by atoms with E-state index in [0.717, 1.165) is 0 Å². The van der Waals surface area contributed by atoms with Gasteiger partial charge in [0.25, 0.3) is 5.91 Å². The van der Waals surface area contributed by atoms with Crippen LogP contribution in [-0.4, -0.2) is 25.7 Å². The van der Waals surface area contributed by atoms with Crippen LogP contribution in [0.15, 0.2) is 42.5 Å². The van der Waals surface area contributed by atoms with Crippen LogP contribution in [0.2, 0.25) is 5.02 Å². The lowest BCUT2D eigenvalue weighted by molar-refractivity contribution is 0.102. The molecule has 2 aromatic carbocycles. The van der Waals surface area contributed by atoms with Crippen LogP contribution in [0.1, 0.15) is 17.3 Å². The second kappa shape index (κ2) is 8.21. The molecule has 0 saturated carbocycles. The summed E-state index contributed by atoms with van der Waals surface area (Å²) in [5, 5.41) is 5.68. The van der Waals surface area contributed by atoms with Gasteiger partial charge in [0.15, 0.2) is 0 Å². The van der Waals surface area contributed by atoms with Crippen molar-refractivity contribution in [3.63, 3.8) is 0 Å². The van der Waals surface area contributed by atoms with E-state index in [0.29, 0.717) is 27.7 Å². The zero-order valence-electron chi connectivity index (χ0n) is 13.3. The molecule has 0 bridgehead atoms. The summed E-state index contributed by atoms with van der Waals surface area (Å²) in [6.07, 6.45) is -0.572. The molecule has 0 spiro atoms. The Morgan fingerprint density at radius 1 is 1.08 bits per heavy atom. The lowest BCUT2D eigenvalue weighted by Gasteiger charge is -2.09. The highest BCUT2D eigenvalue weighted by Gasteiger charge is 2.10. The second-order valence-corrected chi connectivity index (χ2v) is 5.14. The number of carbonyl (C=O) groups excluding carboxylic acids is 2. The van der Waals surface area contributed by atoms with Crippen LogP contribution < -0.4 is 15.4 Å². The maximum atomic E-state index is 12.3. The van der Waals surface area contributed by atoms with E-state index < -0.39 is 6.09 Å². The average Bonchev–Trinajstić information content (AvgIpc) is 2.55. The Balaban J connectivity index is 2.09. The molecule has 0 fully saturated rings. The third kappa shape index (κ3) is 4.63. The summed E-state index contributed by atoms with van der Waals surface area (Å²) >= 11 is 6.03. The third-order valence-corrected chi connectivity index (χ3v) is 3.35. The standard InChI is InChI=1S/C17H17ClN2O4/c1-3-24-17(22)20-12-6-4-5-11(9-12)16(21)19-13-7-8-15(23-2)14(18)10-13/h4-10H,3H2,1-2H3,(H,19,21)(H,20,22). The molecule has 0 radical (unpaired) electrons. The summed E-state index contributed by atoms with van der Waals surface area (Å²) in [4.78, 5) is 23.7. The molecule has 2 N–H and O–H groups in total. The number of carbonyl (C=O) groups is 2. The van der Waals surface area contributed by atoms with Crippen molar-refractivity contribution in [2.24, 2.45) is 0 Å². The van der Waals surface area contributed by atoms with Crippen LogP contribution in [0.5, 0.6) is 5.75 Å². The summed E-state index contributed by atoms with van der Waals surface area (Å²) in [6.45, 7) is 1.98. The van der Waals surface area contributed by atoms with Crippen LogP contribution >= 0.6 is 11.6 Å². The van der Waals surface area contributed by atoms with Gasteiger partial charge in [-0.1, -0.05) is 17.7 Å². The highest BCUT2D eigenvalue weighted by atomic mass is 35.5. The number of rotatable bonds is 5. The van der Waals surface area contributed by atoms with Gasteiger partial charge < -0.3 is 14.8 Å². The first kappa shape index (κ1) is 17.6. The van der Waals surface area contributed by atoms with Crippen molar-refractivity contribution in [2.75, 3.05) is 24.4 Å². The Bertz CT molecular complexity index is 749. The van der Waals surface area contributed by atoms with Crippen LogP contribution in [-0.2, 0) is 4.74 Å². The molecule has 2 rings (SSSR count). The predicted molar refractivity (Wildman–Crippen MR) is 93.0 cm³/mol. The summed E-state index contributed by atoms with van der Waals surface area (Å²) in [5.41, 5.74) is 1.39. The van der Waals surface area contributed by atoms with Crippen molar-refractivity contribution < 1.29 is 19.1 Å². The second-order valence-electron chi connectivity index (χ2n) is 4.73. The van der Waals surface area contributed by atoms with E-state index in [-0.39, 0.29) is 12.5 Å². The van der Waals surface area contributed by atoms with Crippen molar-refractivity contribution in [2.45, 2.75) is 6.92 Å². The molecule has 6 nitrogen and oxygen atoms in total. The average molecular weight is 349 g/mol.